The van der Waals surface area contributed by atoms with Gasteiger partial charge in [-0.1, -0.05) is 40.7 Å². The Hall–Kier alpha value is -0.830. The summed E-state index contributed by atoms with van der Waals surface area (Å²) >= 11 is 0. The number of esters is 1. The smallest absolute Gasteiger partial charge is 0.336 e. The molecule has 1 rings (SSSR count). The van der Waals surface area contributed by atoms with E-state index >= 15 is 0 Å². The second-order valence-electron chi connectivity index (χ2n) is 6.76. The van der Waals surface area contributed by atoms with Crippen molar-refractivity contribution in [2.24, 2.45) is 17.3 Å². The Morgan fingerprint density at radius 2 is 2.10 bits per heavy atom. The van der Waals surface area contributed by atoms with Gasteiger partial charge in [-0.15, -0.1) is 0 Å². The summed E-state index contributed by atoms with van der Waals surface area (Å²) < 4.78 is 5.10. The summed E-state index contributed by atoms with van der Waals surface area (Å²) in [4.78, 5) is 11.8. The van der Waals surface area contributed by atoms with Gasteiger partial charge in [-0.05, 0) is 42.9 Å². The molecule has 1 aliphatic rings. The predicted molar refractivity (Wildman–Crippen MR) is 81.3 cm³/mol. The first kappa shape index (κ1) is 17.2. The highest BCUT2D eigenvalue weighted by Crippen LogP contribution is 2.49. The van der Waals surface area contributed by atoms with Crippen LogP contribution in [0, 0.1) is 17.3 Å². The summed E-state index contributed by atoms with van der Waals surface area (Å²) in [6, 6.07) is 0. The monoisotopic (exact) mass is 282 g/mol. The van der Waals surface area contributed by atoms with Gasteiger partial charge in [-0.3, -0.25) is 0 Å². The standard InChI is InChI=1S/C17H30O3/c1-6-7-10-20-16(19)13(3)15(18)11-14-9-8-12(2)17(14,4)5/h12,14-15,18H,3,6-11H2,1-2,4-5H3. The van der Waals surface area contributed by atoms with Crippen LogP contribution in [0.25, 0.3) is 0 Å². The minimum absolute atomic E-state index is 0.205. The van der Waals surface area contributed by atoms with Gasteiger partial charge in [-0.25, -0.2) is 4.79 Å². The van der Waals surface area contributed by atoms with E-state index in [9.17, 15) is 9.90 Å². The van der Waals surface area contributed by atoms with Crippen LogP contribution < -0.4 is 0 Å². The third-order valence-electron chi connectivity index (χ3n) is 5.17. The maximum absolute atomic E-state index is 11.8. The van der Waals surface area contributed by atoms with E-state index in [0.29, 0.717) is 24.9 Å². The fourth-order valence-electron chi connectivity index (χ4n) is 2.97. The van der Waals surface area contributed by atoms with Crippen molar-refractivity contribution < 1.29 is 14.6 Å². The van der Waals surface area contributed by atoms with Gasteiger partial charge in [0.05, 0.1) is 18.3 Å². The molecule has 0 aromatic heterocycles. The van der Waals surface area contributed by atoms with E-state index in [0.717, 1.165) is 19.3 Å². The zero-order chi connectivity index (χ0) is 15.3. The molecular formula is C17H30O3. The van der Waals surface area contributed by atoms with Gasteiger partial charge < -0.3 is 9.84 Å². The lowest BCUT2D eigenvalue weighted by Crippen LogP contribution is -2.29. The Morgan fingerprint density at radius 3 is 2.60 bits per heavy atom. The molecule has 3 heteroatoms. The molecular weight excluding hydrogens is 252 g/mol. The molecule has 3 atom stereocenters. The van der Waals surface area contributed by atoms with Gasteiger partial charge in [0.25, 0.3) is 0 Å². The van der Waals surface area contributed by atoms with Gasteiger partial charge >= 0.3 is 5.97 Å². The van der Waals surface area contributed by atoms with Crippen molar-refractivity contribution in [2.75, 3.05) is 6.61 Å². The first-order valence-corrected chi connectivity index (χ1v) is 7.84. The van der Waals surface area contributed by atoms with Crippen LogP contribution in [0.1, 0.15) is 59.8 Å². The Balaban J connectivity index is 2.48. The Labute approximate surface area is 123 Å². The van der Waals surface area contributed by atoms with Crippen molar-refractivity contribution in [1.29, 1.82) is 0 Å². The van der Waals surface area contributed by atoms with E-state index in [1.807, 2.05) is 6.92 Å². The zero-order valence-electron chi connectivity index (χ0n) is 13.4. The summed E-state index contributed by atoms with van der Waals surface area (Å²) in [7, 11) is 0. The Kier molecular flexibility index (Phi) is 6.25. The quantitative estimate of drug-likeness (QED) is 0.440. The van der Waals surface area contributed by atoms with E-state index in [1.165, 1.54) is 6.42 Å². The molecule has 1 N–H and O–H groups in total. The van der Waals surface area contributed by atoms with Crippen molar-refractivity contribution in [1.82, 2.24) is 0 Å². The number of ether oxygens (including phenoxy) is 1. The first-order chi connectivity index (χ1) is 9.30. The number of carbonyl (C=O) groups is 1. The molecule has 0 aromatic rings. The minimum Gasteiger partial charge on any atom is -0.462 e. The Bertz CT molecular complexity index is 346. The molecule has 0 amide bonds. The van der Waals surface area contributed by atoms with Crippen molar-refractivity contribution in [3.63, 3.8) is 0 Å². The number of hydrogen-bond donors (Lipinski definition) is 1. The van der Waals surface area contributed by atoms with Gasteiger partial charge in [0.15, 0.2) is 0 Å². The lowest BCUT2D eigenvalue weighted by molar-refractivity contribution is -0.140. The summed E-state index contributed by atoms with van der Waals surface area (Å²) in [5.74, 6) is 0.645. The third-order valence-corrected chi connectivity index (χ3v) is 5.17. The number of hydrogen-bond acceptors (Lipinski definition) is 3. The zero-order valence-corrected chi connectivity index (χ0v) is 13.4. The van der Waals surface area contributed by atoms with Gasteiger partial charge in [-0.2, -0.15) is 0 Å². The molecule has 0 aromatic carbocycles. The molecule has 116 valence electrons. The lowest BCUT2D eigenvalue weighted by Gasteiger charge is -2.32. The number of aliphatic hydroxyl groups excluding tert-OH is 1. The van der Waals surface area contributed by atoms with Crippen LogP contribution in [0.5, 0.6) is 0 Å². The Morgan fingerprint density at radius 1 is 1.45 bits per heavy atom. The van der Waals surface area contributed by atoms with Crippen LogP contribution in [0.4, 0.5) is 0 Å². The van der Waals surface area contributed by atoms with Gasteiger partial charge in [0.1, 0.15) is 0 Å². The van der Waals surface area contributed by atoms with E-state index < -0.39 is 12.1 Å². The molecule has 3 unspecified atom stereocenters. The lowest BCUT2D eigenvalue weighted by atomic mass is 9.74. The largest absolute Gasteiger partial charge is 0.462 e. The number of rotatable bonds is 7. The van der Waals surface area contributed by atoms with E-state index in [4.69, 9.17) is 4.74 Å². The maximum Gasteiger partial charge on any atom is 0.336 e. The number of aliphatic hydroxyl groups is 1. The van der Waals surface area contributed by atoms with E-state index in [-0.39, 0.29) is 11.0 Å². The average molecular weight is 282 g/mol. The van der Waals surface area contributed by atoms with Crippen LogP contribution in [-0.4, -0.2) is 23.8 Å². The normalized spacial score (nSPS) is 26.2. The van der Waals surface area contributed by atoms with Crippen molar-refractivity contribution in [2.45, 2.75) is 65.9 Å². The highest BCUT2D eigenvalue weighted by molar-refractivity contribution is 5.88. The van der Waals surface area contributed by atoms with Crippen molar-refractivity contribution in [3.05, 3.63) is 12.2 Å². The summed E-state index contributed by atoms with van der Waals surface area (Å²) in [6.45, 7) is 12.9. The SMILES string of the molecule is C=C(C(=O)OCCCC)C(O)CC1CCC(C)C1(C)C. The van der Waals surface area contributed by atoms with Crippen molar-refractivity contribution in [3.8, 4) is 0 Å². The molecule has 1 fully saturated rings. The fourth-order valence-corrected chi connectivity index (χ4v) is 2.97. The second kappa shape index (κ2) is 7.26. The van der Waals surface area contributed by atoms with E-state index in [1.54, 1.807) is 0 Å². The topological polar surface area (TPSA) is 46.5 Å². The minimum atomic E-state index is -0.779. The number of unbranched alkanes of at least 4 members (excludes halogenated alkanes) is 1. The second-order valence-corrected chi connectivity index (χ2v) is 6.76. The fraction of sp³-hybridized carbons (Fsp3) is 0.824. The molecule has 0 aliphatic heterocycles. The molecule has 0 saturated heterocycles. The highest BCUT2D eigenvalue weighted by atomic mass is 16.5. The van der Waals surface area contributed by atoms with Crippen molar-refractivity contribution >= 4 is 5.97 Å². The van der Waals surface area contributed by atoms with Gasteiger partial charge in [0.2, 0.25) is 0 Å². The third kappa shape index (κ3) is 4.08. The van der Waals surface area contributed by atoms with Crippen LogP contribution in [0.3, 0.4) is 0 Å². The number of carbonyl (C=O) groups excluding carboxylic acids is 1. The molecule has 3 nitrogen and oxygen atoms in total. The summed E-state index contributed by atoms with van der Waals surface area (Å²) in [6.07, 6.45) is 3.97. The highest BCUT2D eigenvalue weighted by Gasteiger charge is 2.41. The summed E-state index contributed by atoms with van der Waals surface area (Å²) in [5.41, 5.74) is 0.421. The average Bonchev–Trinajstić information content (AvgIpc) is 2.64. The molecule has 0 spiro atoms. The summed E-state index contributed by atoms with van der Waals surface area (Å²) in [5, 5.41) is 10.2. The predicted octanol–water partition coefficient (Wildman–Crippen LogP) is 3.71. The molecule has 1 saturated carbocycles. The van der Waals surface area contributed by atoms with E-state index in [2.05, 4.69) is 27.4 Å². The molecule has 1 aliphatic carbocycles. The molecule has 0 heterocycles. The van der Waals surface area contributed by atoms with Crippen LogP contribution in [-0.2, 0) is 9.53 Å². The maximum atomic E-state index is 11.8. The first-order valence-electron chi connectivity index (χ1n) is 7.84. The molecule has 20 heavy (non-hydrogen) atoms. The van der Waals surface area contributed by atoms with Crippen LogP contribution >= 0.6 is 0 Å². The molecule has 0 bridgehead atoms. The van der Waals surface area contributed by atoms with Crippen LogP contribution in [0.2, 0.25) is 0 Å². The van der Waals surface area contributed by atoms with Crippen LogP contribution in [0.15, 0.2) is 12.2 Å². The van der Waals surface area contributed by atoms with Gasteiger partial charge in [0, 0.05) is 0 Å². The molecule has 0 radical (unpaired) electrons.